The van der Waals surface area contributed by atoms with Gasteiger partial charge in [-0.05, 0) is 57.6 Å². The van der Waals surface area contributed by atoms with E-state index in [-0.39, 0.29) is 50.6 Å². The van der Waals surface area contributed by atoms with Crippen molar-refractivity contribution in [3.05, 3.63) is 23.8 Å². The molecule has 3 heterocycles. The minimum atomic E-state index is -0.972. The molecule has 0 bridgehead atoms. The summed E-state index contributed by atoms with van der Waals surface area (Å²) in [4.78, 5) is 60.6. The maximum Gasteiger partial charge on any atom is 0.326 e. The van der Waals surface area contributed by atoms with Gasteiger partial charge in [0.15, 0.2) is 11.5 Å². The molecule has 0 spiro atoms. The number of carbonyl (C=O) groups excluding carboxylic acids is 3. The van der Waals surface area contributed by atoms with Gasteiger partial charge in [0, 0.05) is 58.2 Å². The van der Waals surface area contributed by atoms with Gasteiger partial charge in [-0.3, -0.25) is 24.2 Å². The Morgan fingerprint density at radius 2 is 1.81 bits per heavy atom. The number of amides is 4. The predicted molar refractivity (Wildman–Crippen MR) is 155 cm³/mol. The second kappa shape index (κ2) is 14.2. The molecule has 1 N–H and O–H groups in total. The number of imide groups is 1. The highest BCUT2D eigenvalue weighted by molar-refractivity contribution is 5.96. The lowest BCUT2D eigenvalue weighted by Gasteiger charge is -2.34. The van der Waals surface area contributed by atoms with Crippen LogP contribution in [-0.2, 0) is 14.4 Å². The molecule has 1 unspecified atom stereocenters. The third-order valence-electron chi connectivity index (χ3n) is 8.53. The van der Waals surface area contributed by atoms with E-state index in [1.807, 2.05) is 36.0 Å². The van der Waals surface area contributed by atoms with Crippen molar-refractivity contribution >= 4 is 23.8 Å². The molecule has 2 fully saturated rings. The summed E-state index contributed by atoms with van der Waals surface area (Å²) in [5.74, 6) is -1.34. The van der Waals surface area contributed by atoms with E-state index in [2.05, 4.69) is 11.8 Å². The number of benzene rings is 1. The van der Waals surface area contributed by atoms with Crippen molar-refractivity contribution in [2.75, 3.05) is 73.7 Å². The number of carbonyl (C=O) groups is 4. The van der Waals surface area contributed by atoms with Crippen LogP contribution in [0.2, 0.25) is 0 Å². The van der Waals surface area contributed by atoms with Gasteiger partial charge in [-0.25, -0.2) is 4.79 Å². The Morgan fingerprint density at radius 1 is 1.07 bits per heavy atom. The molecule has 0 aliphatic carbocycles. The molecular formula is C30H45N5O7. The summed E-state index contributed by atoms with van der Waals surface area (Å²) in [7, 11) is 5.66. The van der Waals surface area contributed by atoms with Crippen molar-refractivity contribution in [1.82, 2.24) is 24.5 Å². The van der Waals surface area contributed by atoms with Gasteiger partial charge in [0.1, 0.15) is 0 Å². The molecule has 1 aromatic rings. The first kappa shape index (κ1) is 31.6. The summed E-state index contributed by atoms with van der Waals surface area (Å²) in [6.07, 6.45) is 3.18. The smallest absolute Gasteiger partial charge is 0.326 e. The summed E-state index contributed by atoms with van der Waals surface area (Å²) in [6.45, 7) is 5.24. The van der Waals surface area contributed by atoms with Crippen molar-refractivity contribution < 1.29 is 33.8 Å². The number of unbranched alkanes of at least 4 members (excludes halogenated alkanes) is 1. The highest BCUT2D eigenvalue weighted by Gasteiger charge is 2.48. The van der Waals surface area contributed by atoms with E-state index >= 15 is 0 Å². The molecule has 4 rings (SSSR count). The molecule has 0 radical (unpaired) electrons. The third-order valence-corrected chi connectivity index (χ3v) is 8.53. The fourth-order valence-electron chi connectivity index (χ4n) is 6.18. The molecule has 3 aliphatic heterocycles. The largest absolute Gasteiger partial charge is 0.481 e. The molecule has 2 saturated heterocycles. The van der Waals surface area contributed by atoms with Crippen LogP contribution >= 0.6 is 0 Å². The van der Waals surface area contributed by atoms with E-state index in [0.717, 1.165) is 31.4 Å². The maximum absolute atomic E-state index is 13.7. The number of nitrogens with zero attached hydrogens (tertiary/aromatic N) is 5. The van der Waals surface area contributed by atoms with Crippen LogP contribution in [0.15, 0.2) is 18.2 Å². The molecule has 4 amide bonds. The van der Waals surface area contributed by atoms with Gasteiger partial charge in [-0.2, -0.15) is 0 Å². The number of ether oxygens (including phenoxy) is 2. The Morgan fingerprint density at radius 3 is 2.52 bits per heavy atom. The minimum Gasteiger partial charge on any atom is -0.481 e. The van der Waals surface area contributed by atoms with Crippen LogP contribution in [0.25, 0.3) is 0 Å². The normalized spacial score (nSPS) is 22.4. The number of hydrogen-bond donors (Lipinski definition) is 1. The molecule has 12 nitrogen and oxygen atoms in total. The van der Waals surface area contributed by atoms with E-state index in [4.69, 9.17) is 9.47 Å². The van der Waals surface area contributed by atoms with Crippen LogP contribution < -0.4 is 9.47 Å². The lowest BCUT2D eigenvalue weighted by molar-refractivity contribution is -0.144. The third kappa shape index (κ3) is 7.33. The van der Waals surface area contributed by atoms with Crippen molar-refractivity contribution in [2.45, 2.75) is 51.0 Å². The van der Waals surface area contributed by atoms with Gasteiger partial charge in [0.2, 0.25) is 18.6 Å². The van der Waals surface area contributed by atoms with Crippen molar-refractivity contribution in [1.29, 1.82) is 0 Å². The van der Waals surface area contributed by atoms with E-state index < -0.39 is 23.8 Å². The number of urea groups is 1. The van der Waals surface area contributed by atoms with Gasteiger partial charge in [-0.1, -0.05) is 19.4 Å². The molecule has 12 heteroatoms. The molecule has 0 aromatic heterocycles. The summed E-state index contributed by atoms with van der Waals surface area (Å²) >= 11 is 0. The number of carboxylic acids is 1. The van der Waals surface area contributed by atoms with Gasteiger partial charge in [-0.15, -0.1) is 0 Å². The Kier molecular flexibility index (Phi) is 10.7. The zero-order chi connectivity index (χ0) is 30.4. The minimum absolute atomic E-state index is 0.0347. The number of fused-ring (bicyclic) bond motifs is 1. The van der Waals surface area contributed by atoms with Gasteiger partial charge in [0.25, 0.3) is 0 Å². The second-order valence-electron chi connectivity index (χ2n) is 11.8. The Balaban J connectivity index is 1.58. The topological polar surface area (TPSA) is 123 Å². The molecule has 3 aliphatic rings. The average Bonchev–Trinajstić information content (AvgIpc) is 3.56. The summed E-state index contributed by atoms with van der Waals surface area (Å²) in [5, 5.41) is 10.5. The van der Waals surface area contributed by atoms with Crippen LogP contribution in [0, 0.1) is 5.92 Å². The van der Waals surface area contributed by atoms with Gasteiger partial charge < -0.3 is 29.3 Å². The molecule has 0 saturated carbocycles. The first-order valence-corrected chi connectivity index (χ1v) is 14.9. The lowest BCUT2D eigenvalue weighted by Crippen LogP contribution is -2.52. The van der Waals surface area contributed by atoms with Crippen molar-refractivity contribution in [3.63, 3.8) is 0 Å². The van der Waals surface area contributed by atoms with Crippen LogP contribution in [0.3, 0.4) is 0 Å². The molecular weight excluding hydrogens is 542 g/mol. The summed E-state index contributed by atoms with van der Waals surface area (Å²) < 4.78 is 11.0. The van der Waals surface area contributed by atoms with Crippen LogP contribution in [0.4, 0.5) is 4.79 Å². The fourth-order valence-corrected chi connectivity index (χ4v) is 6.18. The second-order valence-corrected chi connectivity index (χ2v) is 11.8. The quantitative estimate of drug-likeness (QED) is 0.349. The van der Waals surface area contributed by atoms with E-state index in [9.17, 15) is 24.3 Å². The molecule has 232 valence electrons. The number of carboxylic acid groups (broad SMARTS) is 1. The number of aliphatic carboxylic acids is 1. The summed E-state index contributed by atoms with van der Waals surface area (Å²) in [5.41, 5.74) is 0.797. The standard InChI is InChI=1S/C30H45N5O7/c1-5-6-13-33(14-7-12-31(2)3)27(37)19-34-18-22(21-8-9-24-25(17-21)42-20-41-24)28(29(38)39)23(34)10-16-35-26(36)11-15-32(4)30(35)40/h8-9,17,22-23,28H,5-7,10-16,18-20H2,1-4H3,(H,38,39)/t22-,23+,28?/m1/s1. The zero-order valence-electron chi connectivity index (χ0n) is 25.3. The van der Waals surface area contributed by atoms with Crippen molar-refractivity contribution in [2.24, 2.45) is 5.92 Å². The zero-order valence-corrected chi connectivity index (χ0v) is 25.3. The SMILES string of the molecule is CCCCN(CCCN(C)C)C(=O)CN1C[C@H](c2ccc3c(c2)OCO3)C(C(=O)O)[C@@H]1CCN1C(=O)CCN(C)C1=O. The molecule has 3 atom stereocenters. The van der Waals surface area contributed by atoms with E-state index in [1.54, 1.807) is 13.1 Å². The van der Waals surface area contributed by atoms with E-state index in [0.29, 0.717) is 37.7 Å². The monoisotopic (exact) mass is 587 g/mol. The number of likely N-dealkylation sites (tertiary alicyclic amines) is 1. The van der Waals surface area contributed by atoms with Crippen LogP contribution in [0.5, 0.6) is 11.5 Å². The van der Waals surface area contributed by atoms with Crippen molar-refractivity contribution in [3.8, 4) is 11.5 Å². The van der Waals surface area contributed by atoms with Gasteiger partial charge >= 0.3 is 12.0 Å². The Labute approximate surface area is 248 Å². The lowest BCUT2D eigenvalue weighted by atomic mass is 9.84. The van der Waals surface area contributed by atoms with Gasteiger partial charge in [0.05, 0.1) is 12.5 Å². The highest BCUT2D eigenvalue weighted by Crippen LogP contribution is 2.42. The first-order chi connectivity index (χ1) is 20.1. The van der Waals surface area contributed by atoms with Crippen LogP contribution in [0.1, 0.15) is 50.5 Å². The maximum atomic E-state index is 13.7. The van der Waals surface area contributed by atoms with Crippen LogP contribution in [-0.4, -0.2) is 133 Å². The van der Waals surface area contributed by atoms with E-state index in [1.165, 1.54) is 9.80 Å². The predicted octanol–water partition coefficient (Wildman–Crippen LogP) is 2.14. The molecule has 1 aromatic carbocycles. The Hall–Kier alpha value is -3.38. The Bertz CT molecular complexity index is 1150. The average molecular weight is 588 g/mol. The fraction of sp³-hybridized carbons (Fsp3) is 0.667. The molecule has 42 heavy (non-hydrogen) atoms. The first-order valence-electron chi connectivity index (χ1n) is 14.9. The summed E-state index contributed by atoms with van der Waals surface area (Å²) in [6, 6.07) is 4.55. The number of rotatable bonds is 14. The number of hydrogen-bond acceptors (Lipinski definition) is 8. The highest BCUT2D eigenvalue weighted by atomic mass is 16.7.